The highest BCUT2D eigenvalue weighted by atomic mass is 19.4. The number of rotatable bonds is 6. The summed E-state index contributed by atoms with van der Waals surface area (Å²) >= 11 is 0. The molecule has 0 spiro atoms. The standard InChI is InChI=1S/C30H27F6N3/c1-19-7-6-10-24(14-11-19)38-26-15-12-21(17-20(26)2)28(29(31,32)33,30(34,35)36)22-13-16-27(25(37)18-22)39-23-8-4-3-5-9-23/h3-19,38-39H,37H2,1-2H3/t19-/m1/s1. The molecule has 0 aromatic heterocycles. The zero-order valence-electron chi connectivity index (χ0n) is 21.2. The molecule has 0 unspecified atom stereocenters. The Morgan fingerprint density at radius 1 is 0.744 bits per heavy atom. The summed E-state index contributed by atoms with van der Waals surface area (Å²) in [5.74, 6) is 0.185. The van der Waals surface area contributed by atoms with Gasteiger partial charge in [0, 0.05) is 17.1 Å². The molecule has 3 aromatic carbocycles. The summed E-state index contributed by atoms with van der Waals surface area (Å²) in [7, 11) is 0. The van der Waals surface area contributed by atoms with E-state index in [-0.39, 0.29) is 22.9 Å². The predicted octanol–water partition coefficient (Wildman–Crippen LogP) is 8.79. The third kappa shape index (κ3) is 5.53. The lowest BCUT2D eigenvalue weighted by Gasteiger charge is -2.39. The number of nitrogens with one attached hydrogen (secondary N) is 2. The molecule has 3 nitrogen and oxygen atoms in total. The lowest BCUT2D eigenvalue weighted by atomic mass is 9.72. The lowest BCUT2D eigenvalue weighted by Crippen LogP contribution is -2.54. The Morgan fingerprint density at radius 2 is 1.36 bits per heavy atom. The van der Waals surface area contributed by atoms with Gasteiger partial charge in [0.25, 0.3) is 0 Å². The van der Waals surface area contributed by atoms with Crippen molar-refractivity contribution in [1.29, 1.82) is 0 Å². The Kier molecular flexibility index (Phi) is 7.54. The second kappa shape index (κ2) is 10.6. The number of halogens is 6. The quantitative estimate of drug-likeness (QED) is 0.215. The van der Waals surface area contributed by atoms with Crippen molar-refractivity contribution in [1.82, 2.24) is 0 Å². The van der Waals surface area contributed by atoms with Gasteiger partial charge >= 0.3 is 12.4 Å². The number of hydrogen-bond donors (Lipinski definition) is 3. The Bertz CT molecular complexity index is 1400. The molecule has 204 valence electrons. The summed E-state index contributed by atoms with van der Waals surface area (Å²) in [5.41, 5.74) is 1.48. The van der Waals surface area contributed by atoms with Crippen molar-refractivity contribution in [3.8, 4) is 0 Å². The Labute approximate surface area is 222 Å². The van der Waals surface area contributed by atoms with Crippen molar-refractivity contribution in [2.24, 2.45) is 5.92 Å². The van der Waals surface area contributed by atoms with Crippen molar-refractivity contribution >= 4 is 22.7 Å². The van der Waals surface area contributed by atoms with Gasteiger partial charge < -0.3 is 16.4 Å². The van der Waals surface area contributed by atoms with Crippen molar-refractivity contribution in [2.45, 2.75) is 31.6 Å². The second-order valence-corrected chi connectivity index (χ2v) is 9.42. The topological polar surface area (TPSA) is 50.1 Å². The maximum atomic E-state index is 14.7. The van der Waals surface area contributed by atoms with Gasteiger partial charge in [-0.25, -0.2) is 0 Å². The van der Waals surface area contributed by atoms with Crippen LogP contribution < -0.4 is 16.4 Å². The fourth-order valence-electron chi connectivity index (χ4n) is 4.55. The molecule has 0 fully saturated rings. The summed E-state index contributed by atoms with van der Waals surface area (Å²) in [6.07, 6.45) is -2.16. The van der Waals surface area contributed by atoms with E-state index >= 15 is 0 Å². The highest BCUT2D eigenvalue weighted by molar-refractivity contribution is 5.74. The minimum Gasteiger partial charge on any atom is -0.397 e. The number of para-hydroxylation sites is 1. The first-order chi connectivity index (χ1) is 18.3. The zero-order chi connectivity index (χ0) is 28.4. The van der Waals surface area contributed by atoms with Gasteiger partial charge in [-0.1, -0.05) is 61.5 Å². The van der Waals surface area contributed by atoms with E-state index in [1.165, 1.54) is 13.0 Å². The Morgan fingerprint density at radius 3 is 1.95 bits per heavy atom. The largest absolute Gasteiger partial charge is 0.411 e. The smallest absolute Gasteiger partial charge is 0.397 e. The van der Waals surface area contributed by atoms with E-state index in [0.717, 1.165) is 30.3 Å². The molecular weight excluding hydrogens is 516 g/mol. The number of nitrogens with two attached hydrogens (primary N) is 1. The number of hydrogen-bond acceptors (Lipinski definition) is 3. The van der Waals surface area contributed by atoms with Crippen LogP contribution in [0.2, 0.25) is 0 Å². The minimum absolute atomic E-state index is 0.185. The van der Waals surface area contributed by atoms with Crippen LogP contribution >= 0.6 is 0 Å². The second-order valence-electron chi connectivity index (χ2n) is 9.42. The van der Waals surface area contributed by atoms with Gasteiger partial charge in [-0.2, -0.15) is 26.3 Å². The normalized spacial score (nSPS) is 16.0. The van der Waals surface area contributed by atoms with Gasteiger partial charge in [-0.05, 0) is 72.0 Å². The highest BCUT2D eigenvalue weighted by Gasteiger charge is 2.72. The van der Waals surface area contributed by atoms with E-state index in [4.69, 9.17) is 5.73 Å². The van der Waals surface area contributed by atoms with Crippen LogP contribution in [0, 0.1) is 12.8 Å². The molecule has 9 heteroatoms. The average Bonchev–Trinajstić information content (AvgIpc) is 3.05. The molecule has 0 amide bonds. The lowest BCUT2D eigenvalue weighted by molar-refractivity contribution is -0.288. The molecule has 0 saturated carbocycles. The molecular formula is C30H27F6N3. The van der Waals surface area contributed by atoms with E-state index in [1.807, 2.05) is 31.2 Å². The summed E-state index contributed by atoms with van der Waals surface area (Å²) < 4.78 is 88.1. The fraction of sp³-hybridized carbons (Fsp3) is 0.200. The van der Waals surface area contributed by atoms with E-state index in [1.54, 1.807) is 36.4 Å². The molecule has 0 bridgehead atoms. The van der Waals surface area contributed by atoms with E-state index in [0.29, 0.717) is 17.1 Å². The van der Waals surface area contributed by atoms with Gasteiger partial charge in [0.1, 0.15) is 0 Å². The first kappa shape index (κ1) is 27.9. The number of aryl methyl sites for hydroxylation is 1. The maximum Gasteiger partial charge on any atom is 0.411 e. The van der Waals surface area contributed by atoms with Crippen LogP contribution in [0.25, 0.3) is 0 Å². The molecule has 1 atom stereocenters. The Balaban J connectivity index is 1.80. The third-order valence-electron chi connectivity index (χ3n) is 6.60. The first-order valence-corrected chi connectivity index (χ1v) is 12.1. The molecule has 1 aliphatic rings. The van der Waals surface area contributed by atoms with E-state index in [9.17, 15) is 26.3 Å². The molecule has 0 heterocycles. The van der Waals surface area contributed by atoms with Crippen LogP contribution in [0.1, 0.15) is 23.6 Å². The summed E-state index contributed by atoms with van der Waals surface area (Å²) in [6, 6.07) is 14.3. The number of benzene rings is 3. The van der Waals surface area contributed by atoms with Crippen LogP contribution in [0.5, 0.6) is 0 Å². The van der Waals surface area contributed by atoms with Crippen LogP contribution in [0.3, 0.4) is 0 Å². The molecule has 4 N–H and O–H groups in total. The third-order valence-corrected chi connectivity index (χ3v) is 6.60. The van der Waals surface area contributed by atoms with Crippen molar-refractivity contribution < 1.29 is 26.3 Å². The molecule has 39 heavy (non-hydrogen) atoms. The monoisotopic (exact) mass is 543 g/mol. The van der Waals surface area contributed by atoms with Crippen LogP contribution in [-0.4, -0.2) is 12.4 Å². The van der Waals surface area contributed by atoms with Crippen molar-refractivity contribution in [3.63, 3.8) is 0 Å². The number of alkyl halides is 6. The molecule has 3 aromatic rings. The SMILES string of the molecule is Cc1cc(C(c2ccc(Nc3ccccc3)c(N)c2)(C(F)(F)F)C(F)(F)F)ccc1NC1=CC=C[C@@H](C)C=C1. The summed E-state index contributed by atoms with van der Waals surface area (Å²) in [4.78, 5) is 0. The highest BCUT2D eigenvalue weighted by Crippen LogP contribution is 2.57. The fourth-order valence-corrected chi connectivity index (χ4v) is 4.55. The molecule has 4 rings (SSSR count). The van der Waals surface area contributed by atoms with E-state index in [2.05, 4.69) is 10.6 Å². The zero-order valence-corrected chi connectivity index (χ0v) is 21.2. The Hall–Kier alpha value is -4.14. The molecule has 0 radical (unpaired) electrons. The molecule has 0 saturated heterocycles. The average molecular weight is 544 g/mol. The number of anilines is 4. The molecule has 1 aliphatic carbocycles. The number of nitrogen functional groups attached to an aromatic ring is 1. The van der Waals surface area contributed by atoms with Gasteiger partial charge in [-0.15, -0.1) is 0 Å². The predicted molar refractivity (Wildman–Crippen MR) is 144 cm³/mol. The van der Waals surface area contributed by atoms with Crippen LogP contribution in [0.4, 0.5) is 49.1 Å². The molecule has 0 aliphatic heterocycles. The summed E-state index contributed by atoms with van der Waals surface area (Å²) in [6.45, 7) is 3.44. The summed E-state index contributed by atoms with van der Waals surface area (Å²) in [5, 5.41) is 6.00. The van der Waals surface area contributed by atoms with Gasteiger partial charge in [0.2, 0.25) is 5.41 Å². The van der Waals surface area contributed by atoms with Gasteiger partial charge in [0.15, 0.2) is 0 Å². The first-order valence-electron chi connectivity index (χ1n) is 12.1. The van der Waals surface area contributed by atoms with E-state index < -0.39 is 28.9 Å². The van der Waals surface area contributed by atoms with Crippen molar-refractivity contribution in [3.05, 3.63) is 119 Å². The van der Waals surface area contributed by atoms with Crippen LogP contribution in [0.15, 0.2) is 103 Å². The van der Waals surface area contributed by atoms with Gasteiger partial charge in [-0.3, -0.25) is 0 Å². The minimum atomic E-state index is -5.72. The van der Waals surface area contributed by atoms with Crippen molar-refractivity contribution in [2.75, 3.05) is 16.4 Å². The number of allylic oxidation sites excluding steroid dienone is 5. The van der Waals surface area contributed by atoms with Crippen LogP contribution in [-0.2, 0) is 5.41 Å². The van der Waals surface area contributed by atoms with Gasteiger partial charge in [0.05, 0.1) is 11.4 Å². The maximum absolute atomic E-state index is 14.7.